The van der Waals surface area contributed by atoms with E-state index in [0.29, 0.717) is 11.3 Å². The van der Waals surface area contributed by atoms with Gasteiger partial charge in [0.2, 0.25) is 0 Å². The second-order valence-corrected chi connectivity index (χ2v) is 4.18. The van der Waals surface area contributed by atoms with Gasteiger partial charge in [-0.15, -0.1) is 0 Å². The van der Waals surface area contributed by atoms with Crippen molar-refractivity contribution in [2.75, 3.05) is 0 Å². The summed E-state index contributed by atoms with van der Waals surface area (Å²) in [6.07, 6.45) is 0.815. The van der Waals surface area contributed by atoms with Crippen LogP contribution in [0.1, 0.15) is 30.7 Å². The van der Waals surface area contributed by atoms with E-state index in [1.54, 1.807) is 13.0 Å². The van der Waals surface area contributed by atoms with Crippen LogP contribution in [0, 0.1) is 12.7 Å². The molecule has 2 rings (SSSR count). The van der Waals surface area contributed by atoms with Crippen molar-refractivity contribution in [2.24, 2.45) is 5.73 Å². The molecule has 17 heavy (non-hydrogen) atoms. The minimum Gasteiger partial charge on any atom is -0.459 e. The molecule has 1 aromatic carbocycles. The number of aryl methyl sites for hydroxylation is 1. The highest BCUT2D eigenvalue weighted by atomic mass is 19.1. The van der Waals surface area contributed by atoms with Gasteiger partial charge in [-0.2, -0.15) is 0 Å². The zero-order chi connectivity index (χ0) is 12.4. The van der Waals surface area contributed by atoms with Crippen molar-refractivity contribution in [3.63, 3.8) is 0 Å². The number of halogens is 1. The highest BCUT2D eigenvalue weighted by Gasteiger charge is 2.11. The number of nitrogens with two attached hydrogens (primary N) is 1. The van der Waals surface area contributed by atoms with Crippen LogP contribution in [0.25, 0.3) is 11.3 Å². The Bertz CT molecular complexity index is 519. The Kier molecular flexibility index (Phi) is 3.29. The quantitative estimate of drug-likeness (QED) is 0.875. The van der Waals surface area contributed by atoms with E-state index in [1.165, 1.54) is 6.07 Å². The first-order valence-electron chi connectivity index (χ1n) is 5.73. The van der Waals surface area contributed by atoms with Crippen LogP contribution in [-0.2, 0) is 0 Å². The second kappa shape index (κ2) is 4.72. The van der Waals surface area contributed by atoms with Gasteiger partial charge in [0.15, 0.2) is 0 Å². The van der Waals surface area contributed by atoms with E-state index in [2.05, 4.69) is 0 Å². The normalized spacial score (nSPS) is 12.7. The number of benzene rings is 1. The molecule has 2 N–H and O–H groups in total. The maximum absolute atomic E-state index is 13.4. The maximum Gasteiger partial charge on any atom is 0.134 e. The number of rotatable bonds is 3. The summed E-state index contributed by atoms with van der Waals surface area (Å²) in [6.45, 7) is 3.73. The Morgan fingerprint density at radius 3 is 2.71 bits per heavy atom. The first-order valence-corrected chi connectivity index (χ1v) is 5.73. The zero-order valence-electron chi connectivity index (χ0n) is 10.0. The number of hydrogen-bond donors (Lipinski definition) is 1. The van der Waals surface area contributed by atoms with Gasteiger partial charge in [0.25, 0.3) is 0 Å². The molecule has 2 nitrogen and oxygen atoms in total. The third-order valence-electron chi connectivity index (χ3n) is 2.89. The molecule has 0 aliphatic carbocycles. The summed E-state index contributed by atoms with van der Waals surface area (Å²) in [7, 11) is 0. The maximum atomic E-state index is 13.4. The Morgan fingerprint density at radius 1 is 1.29 bits per heavy atom. The average molecular weight is 233 g/mol. The average Bonchev–Trinajstić information content (AvgIpc) is 2.81. The van der Waals surface area contributed by atoms with Crippen LogP contribution in [0.3, 0.4) is 0 Å². The molecule has 0 spiro atoms. The molecule has 2 aromatic rings. The van der Waals surface area contributed by atoms with Gasteiger partial charge in [-0.1, -0.05) is 19.1 Å². The van der Waals surface area contributed by atoms with Crippen molar-refractivity contribution in [1.29, 1.82) is 0 Å². The topological polar surface area (TPSA) is 39.2 Å². The van der Waals surface area contributed by atoms with Crippen LogP contribution in [0.5, 0.6) is 0 Å². The Hall–Kier alpha value is -1.61. The fraction of sp³-hybridized carbons (Fsp3) is 0.286. The van der Waals surface area contributed by atoms with Gasteiger partial charge < -0.3 is 10.2 Å². The summed E-state index contributed by atoms with van der Waals surface area (Å²) in [5.41, 5.74) is 7.24. The van der Waals surface area contributed by atoms with Crippen LogP contribution < -0.4 is 5.73 Å². The van der Waals surface area contributed by atoms with Crippen molar-refractivity contribution in [2.45, 2.75) is 26.3 Å². The molecule has 1 heterocycles. The van der Waals surface area contributed by atoms with E-state index in [-0.39, 0.29) is 11.9 Å². The molecule has 0 saturated carbocycles. The summed E-state index contributed by atoms with van der Waals surface area (Å²) in [5.74, 6) is 1.17. The molecule has 0 aliphatic rings. The lowest BCUT2D eigenvalue weighted by Gasteiger charge is -2.04. The highest BCUT2D eigenvalue weighted by molar-refractivity contribution is 5.58. The third kappa shape index (κ3) is 2.39. The highest BCUT2D eigenvalue weighted by Crippen LogP contribution is 2.26. The Balaban J connectivity index is 2.33. The Morgan fingerprint density at radius 2 is 2.06 bits per heavy atom. The fourth-order valence-corrected chi connectivity index (χ4v) is 1.65. The van der Waals surface area contributed by atoms with Gasteiger partial charge in [-0.25, -0.2) is 4.39 Å². The molecule has 0 amide bonds. The molecule has 0 aliphatic heterocycles. The lowest BCUT2D eigenvalue weighted by Crippen LogP contribution is -2.06. The third-order valence-corrected chi connectivity index (χ3v) is 2.89. The van der Waals surface area contributed by atoms with E-state index in [1.807, 2.05) is 25.1 Å². The van der Waals surface area contributed by atoms with Gasteiger partial charge in [-0.05, 0) is 37.1 Å². The molecule has 90 valence electrons. The van der Waals surface area contributed by atoms with Gasteiger partial charge in [0.05, 0.1) is 6.04 Å². The van der Waals surface area contributed by atoms with Crippen LogP contribution in [-0.4, -0.2) is 0 Å². The first kappa shape index (κ1) is 11.9. The molecular formula is C14H16FNO. The van der Waals surface area contributed by atoms with Crippen molar-refractivity contribution in [1.82, 2.24) is 0 Å². The molecule has 1 unspecified atom stereocenters. The number of furan rings is 1. The predicted octanol–water partition coefficient (Wildman–Crippen LogP) is 3.80. The summed E-state index contributed by atoms with van der Waals surface area (Å²) >= 11 is 0. The molecule has 1 aromatic heterocycles. The summed E-state index contributed by atoms with van der Waals surface area (Å²) < 4.78 is 19.1. The van der Waals surface area contributed by atoms with Gasteiger partial charge in [0.1, 0.15) is 17.3 Å². The van der Waals surface area contributed by atoms with Gasteiger partial charge >= 0.3 is 0 Å². The molecule has 0 fully saturated rings. The van der Waals surface area contributed by atoms with E-state index < -0.39 is 0 Å². The SMILES string of the molecule is CCC(N)c1ccc(-c2ccc(C)c(F)c2)o1. The van der Waals surface area contributed by atoms with Crippen LogP contribution in [0.2, 0.25) is 0 Å². The van der Waals surface area contributed by atoms with Crippen molar-refractivity contribution >= 4 is 0 Å². The van der Waals surface area contributed by atoms with E-state index in [9.17, 15) is 4.39 Å². The fourth-order valence-electron chi connectivity index (χ4n) is 1.65. The minimum atomic E-state index is -0.222. The summed E-state index contributed by atoms with van der Waals surface area (Å²) in [5, 5.41) is 0. The van der Waals surface area contributed by atoms with Gasteiger partial charge in [0, 0.05) is 5.56 Å². The van der Waals surface area contributed by atoms with Crippen molar-refractivity contribution in [3.8, 4) is 11.3 Å². The minimum absolute atomic E-state index is 0.0981. The van der Waals surface area contributed by atoms with Crippen molar-refractivity contribution in [3.05, 3.63) is 47.5 Å². The zero-order valence-corrected chi connectivity index (χ0v) is 10.0. The van der Waals surface area contributed by atoms with E-state index in [0.717, 1.165) is 17.7 Å². The summed E-state index contributed by atoms with van der Waals surface area (Å²) in [4.78, 5) is 0. The van der Waals surface area contributed by atoms with Crippen LogP contribution >= 0.6 is 0 Å². The largest absolute Gasteiger partial charge is 0.459 e. The second-order valence-electron chi connectivity index (χ2n) is 4.18. The molecule has 0 bridgehead atoms. The number of hydrogen-bond acceptors (Lipinski definition) is 2. The Labute approximate surface area is 100 Å². The first-order chi connectivity index (χ1) is 8.11. The molecule has 0 saturated heterocycles. The van der Waals surface area contributed by atoms with Crippen LogP contribution in [0.4, 0.5) is 4.39 Å². The predicted molar refractivity (Wildman–Crippen MR) is 66.1 cm³/mol. The molecule has 1 atom stereocenters. The molecule has 3 heteroatoms. The van der Waals surface area contributed by atoms with Crippen LogP contribution in [0.15, 0.2) is 34.7 Å². The molecular weight excluding hydrogens is 217 g/mol. The smallest absolute Gasteiger partial charge is 0.134 e. The van der Waals surface area contributed by atoms with Gasteiger partial charge in [-0.3, -0.25) is 0 Å². The van der Waals surface area contributed by atoms with E-state index >= 15 is 0 Å². The molecule has 0 radical (unpaired) electrons. The monoisotopic (exact) mass is 233 g/mol. The summed E-state index contributed by atoms with van der Waals surface area (Å²) in [6, 6.07) is 8.65. The lowest BCUT2D eigenvalue weighted by atomic mass is 10.1. The lowest BCUT2D eigenvalue weighted by molar-refractivity contribution is 0.469. The van der Waals surface area contributed by atoms with E-state index in [4.69, 9.17) is 10.2 Å². The standard InChI is InChI=1S/C14H16FNO/c1-3-12(16)14-7-6-13(17-14)10-5-4-9(2)11(15)8-10/h4-8,12H,3,16H2,1-2H3. The van der Waals surface area contributed by atoms with Crippen molar-refractivity contribution < 1.29 is 8.81 Å².